The largest absolute Gasteiger partial charge is 0.458 e. The Bertz CT molecular complexity index is 524. The van der Waals surface area contributed by atoms with E-state index >= 15 is 0 Å². The van der Waals surface area contributed by atoms with Crippen molar-refractivity contribution < 1.29 is 4.74 Å². The minimum absolute atomic E-state index is 0.922. The van der Waals surface area contributed by atoms with Gasteiger partial charge in [0.1, 0.15) is 11.5 Å². The zero-order valence-electron chi connectivity index (χ0n) is 12.7. The fourth-order valence-corrected chi connectivity index (χ4v) is 6.68. The van der Waals surface area contributed by atoms with Gasteiger partial charge in [-0.25, -0.2) is 0 Å². The van der Waals surface area contributed by atoms with Crippen LogP contribution in [0.1, 0.15) is 20.8 Å². The summed E-state index contributed by atoms with van der Waals surface area (Å²) in [7, 11) is -1.42. The van der Waals surface area contributed by atoms with Crippen LogP contribution in [0.4, 0.5) is 0 Å². The van der Waals surface area contributed by atoms with Gasteiger partial charge in [0, 0.05) is 0 Å². The summed E-state index contributed by atoms with van der Waals surface area (Å²) < 4.78 is 6.16. The molecule has 2 aromatic carbocycles. The van der Waals surface area contributed by atoms with E-state index in [1.165, 1.54) is 23.3 Å². The van der Waals surface area contributed by atoms with Crippen molar-refractivity contribution in [2.75, 3.05) is 0 Å². The molecule has 0 heterocycles. The molecule has 2 aromatic rings. The van der Waals surface area contributed by atoms with Crippen molar-refractivity contribution >= 4 is 13.3 Å². The lowest BCUT2D eigenvalue weighted by Gasteiger charge is -2.30. The van der Waals surface area contributed by atoms with E-state index in [1.807, 2.05) is 30.3 Å². The molecule has 0 spiro atoms. The molecule has 106 valence electrons. The third kappa shape index (κ3) is 2.96. The Balaban J connectivity index is 2.40. The molecule has 0 amide bonds. The van der Waals surface area contributed by atoms with E-state index in [1.54, 1.807) is 0 Å². The first-order valence-electron chi connectivity index (χ1n) is 7.58. The molecule has 0 bridgehead atoms. The summed E-state index contributed by atoms with van der Waals surface area (Å²) >= 11 is 0. The Morgan fingerprint density at radius 1 is 0.750 bits per heavy atom. The summed E-state index contributed by atoms with van der Waals surface area (Å²) in [5.41, 5.74) is 0. The van der Waals surface area contributed by atoms with E-state index in [0.29, 0.717) is 0 Å². The first-order valence-corrected chi connectivity index (χ1v) is 10.2. The summed E-state index contributed by atoms with van der Waals surface area (Å²) in [5.74, 6) is 1.97. The highest BCUT2D eigenvalue weighted by molar-refractivity contribution is 6.92. The standard InChI is InChI=1S/C18H24OSi/c1-4-20(5-2,6-3)18-15-11-10-14-17(18)19-16-12-8-7-9-13-16/h7-15H,4-6H2,1-3H3. The molecule has 0 aliphatic heterocycles. The minimum Gasteiger partial charge on any atom is -0.458 e. The predicted octanol–water partition coefficient (Wildman–Crippen LogP) is 5.19. The van der Waals surface area contributed by atoms with E-state index in [2.05, 4.69) is 45.0 Å². The second kappa shape index (κ2) is 6.75. The molecule has 2 heteroatoms. The highest BCUT2D eigenvalue weighted by atomic mass is 28.3. The van der Waals surface area contributed by atoms with Crippen LogP contribution in [0, 0.1) is 0 Å². The topological polar surface area (TPSA) is 9.23 Å². The molecule has 0 radical (unpaired) electrons. The maximum absolute atomic E-state index is 6.16. The zero-order valence-corrected chi connectivity index (χ0v) is 13.7. The normalized spacial score (nSPS) is 11.3. The fraction of sp³-hybridized carbons (Fsp3) is 0.333. The Morgan fingerprint density at radius 2 is 1.30 bits per heavy atom. The average molecular weight is 284 g/mol. The molecule has 0 N–H and O–H groups in total. The smallest absolute Gasteiger partial charge is 0.127 e. The van der Waals surface area contributed by atoms with E-state index in [9.17, 15) is 0 Å². The van der Waals surface area contributed by atoms with Gasteiger partial charge >= 0.3 is 0 Å². The molecule has 0 aliphatic rings. The van der Waals surface area contributed by atoms with Gasteiger partial charge in [-0.1, -0.05) is 75.3 Å². The first kappa shape index (κ1) is 14.9. The van der Waals surface area contributed by atoms with E-state index in [0.717, 1.165) is 11.5 Å². The molecular weight excluding hydrogens is 260 g/mol. The average Bonchev–Trinajstić information content (AvgIpc) is 2.52. The van der Waals surface area contributed by atoms with Crippen LogP contribution in [-0.2, 0) is 0 Å². The predicted molar refractivity (Wildman–Crippen MR) is 89.8 cm³/mol. The highest BCUT2D eigenvalue weighted by Gasteiger charge is 2.31. The van der Waals surface area contributed by atoms with Gasteiger partial charge in [-0.3, -0.25) is 0 Å². The lowest BCUT2D eigenvalue weighted by atomic mass is 10.3. The zero-order chi connectivity index (χ0) is 14.4. The van der Waals surface area contributed by atoms with Crippen LogP contribution < -0.4 is 9.92 Å². The second-order valence-corrected chi connectivity index (χ2v) is 10.5. The summed E-state index contributed by atoms with van der Waals surface area (Å²) in [5, 5.41) is 1.47. The van der Waals surface area contributed by atoms with Gasteiger partial charge in [-0.2, -0.15) is 0 Å². The number of ether oxygens (including phenoxy) is 1. The molecule has 2 rings (SSSR count). The first-order chi connectivity index (χ1) is 9.75. The molecule has 0 saturated carbocycles. The van der Waals surface area contributed by atoms with Crippen molar-refractivity contribution in [3.05, 3.63) is 54.6 Å². The number of hydrogen-bond acceptors (Lipinski definition) is 1. The lowest BCUT2D eigenvalue weighted by molar-refractivity contribution is 0.486. The molecule has 0 aromatic heterocycles. The molecule has 1 nitrogen and oxygen atoms in total. The molecule has 0 fully saturated rings. The van der Waals surface area contributed by atoms with Gasteiger partial charge in [-0.05, 0) is 23.4 Å². The fourth-order valence-electron chi connectivity index (χ4n) is 2.93. The van der Waals surface area contributed by atoms with Crippen LogP contribution in [0.5, 0.6) is 11.5 Å². The van der Waals surface area contributed by atoms with Gasteiger partial charge in [0.25, 0.3) is 0 Å². The minimum atomic E-state index is -1.42. The van der Waals surface area contributed by atoms with Crippen molar-refractivity contribution in [2.45, 2.75) is 38.9 Å². The number of rotatable bonds is 6. The van der Waals surface area contributed by atoms with Crippen molar-refractivity contribution in [3.8, 4) is 11.5 Å². The maximum Gasteiger partial charge on any atom is 0.127 e. The van der Waals surface area contributed by atoms with E-state index < -0.39 is 8.07 Å². The van der Waals surface area contributed by atoms with Gasteiger partial charge in [0.2, 0.25) is 0 Å². The summed E-state index contributed by atoms with van der Waals surface area (Å²) in [6, 6.07) is 22.5. The molecule has 20 heavy (non-hydrogen) atoms. The van der Waals surface area contributed by atoms with Crippen molar-refractivity contribution in [1.82, 2.24) is 0 Å². The molecular formula is C18H24OSi. The molecule has 0 aliphatic carbocycles. The van der Waals surface area contributed by atoms with Gasteiger partial charge < -0.3 is 4.74 Å². The maximum atomic E-state index is 6.16. The van der Waals surface area contributed by atoms with Gasteiger partial charge in [0.05, 0.1) is 8.07 Å². The van der Waals surface area contributed by atoms with Crippen LogP contribution in [0.15, 0.2) is 54.6 Å². The highest BCUT2D eigenvalue weighted by Crippen LogP contribution is 2.27. The molecule has 0 atom stereocenters. The van der Waals surface area contributed by atoms with Crippen LogP contribution in [0.2, 0.25) is 18.1 Å². The number of hydrogen-bond donors (Lipinski definition) is 0. The summed E-state index contributed by atoms with van der Waals surface area (Å²) in [6.07, 6.45) is 0. The van der Waals surface area contributed by atoms with Crippen LogP contribution >= 0.6 is 0 Å². The monoisotopic (exact) mass is 284 g/mol. The Labute approximate surface area is 123 Å². The van der Waals surface area contributed by atoms with Crippen LogP contribution in [-0.4, -0.2) is 8.07 Å². The Hall–Kier alpha value is -1.54. The molecule has 0 unspecified atom stereocenters. The summed E-state index contributed by atoms with van der Waals surface area (Å²) in [6.45, 7) is 7.00. The van der Waals surface area contributed by atoms with Crippen molar-refractivity contribution in [2.24, 2.45) is 0 Å². The lowest BCUT2D eigenvalue weighted by Crippen LogP contribution is -2.46. The number of benzene rings is 2. The molecule has 0 saturated heterocycles. The summed E-state index contributed by atoms with van der Waals surface area (Å²) in [4.78, 5) is 0. The van der Waals surface area contributed by atoms with Crippen LogP contribution in [0.25, 0.3) is 0 Å². The van der Waals surface area contributed by atoms with E-state index in [-0.39, 0.29) is 0 Å². The Morgan fingerprint density at radius 3 is 1.90 bits per heavy atom. The number of para-hydroxylation sites is 2. The Kier molecular flexibility index (Phi) is 5.02. The van der Waals surface area contributed by atoms with E-state index in [4.69, 9.17) is 4.74 Å². The van der Waals surface area contributed by atoms with Gasteiger partial charge in [0.15, 0.2) is 0 Å². The van der Waals surface area contributed by atoms with Crippen LogP contribution in [0.3, 0.4) is 0 Å². The van der Waals surface area contributed by atoms with Crippen molar-refractivity contribution in [1.29, 1.82) is 0 Å². The third-order valence-electron chi connectivity index (χ3n) is 4.46. The quantitative estimate of drug-likeness (QED) is 0.663. The van der Waals surface area contributed by atoms with Gasteiger partial charge in [-0.15, -0.1) is 0 Å². The van der Waals surface area contributed by atoms with Crippen molar-refractivity contribution in [3.63, 3.8) is 0 Å². The second-order valence-electron chi connectivity index (χ2n) is 5.25. The third-order valence-corrected chi connectivity index (χ3v) is 10.1. The SMILES string of the molecule is CC[Si](CC)(CC)c1ccccc1Oc1ccccc1.